The smallest absolute Gasteiger partial charge is 0.325 e. The Bertz CT molecular complexity index is 1960. The Hall–Kier alpha value is -4.86. The van der Waals surface area contributed by atoms with Crippen LogP contribution in [-0.4, -0.2) is 140 Å². The first-order chi connectivity index (χ1) is 31.7. The number of aryl methyl sites for hydroxylation is 1. The van der Waals surface area contributed by atoms with Gasteiger partial charge in [-0.3, -0.25) is 38.1 Å². The monoisotopic (exact) mass is 978 g/mol. The predicted molar refractivity (Wildman–Crippen MR) is 253 cm³/mol. The molecule has 0 radical (unpaired) electrons. The van der Waals surface area contributed by atoms with E-state index in [9.17, 15) is 47.9 Å². The molecule has 2 aromatic rings. The number of carbonyl (C=O) groups is 7. The summed E-state index contributed by atoms with van der Waals surface area (Å²) < 4.78 is 17.8. The van der Waals surface area contributed by atoms with Crippen molar-refractivity contribution in [2.45, 2.75) is 134 Å². The van der Waals surface area contributed by atoms with Gasteiger partial charge in [0.1, 0.15) is 30.2 Å². The third kappa shape index (κ3) is 20.5. The Balaban J connectivity index is 1.73. The summed E-state index contributed by atoms with van der Waals surface area (Å²) in [6, 6.07) is 3.18. The Morgan fingerprint density at radius 1 is 0.910 bits per heavy atom. The van der Waals surface area contributed by atoms with Gasteiger partial charge in [-0.1, -0.05) is 57.5 Å². The number of imidazole rings is 1. The number of thiol groups is 1. The molecular weight excluding hydrogens is 908 g/mol. The number of nitrogens with one attached hydrogen (secondary N) is 6. The zero-order valence-corrected chi connectivity index (χ0v) is 40.6. The Morgan fingerprint density at radius 3 is 2.24 bits per heavy atom. The predicted octanol–water partition coefficient (Wildman–Crippen LogP) is 0.199. The van der Waals surface area contributed by atoms with Gasteiger partial charge in [-0.05, 0) is 62.8 Å². The maximum Gasteiger partial charge on any atom is 0.325 e. The van der Waals surface area contributed by atoms with Crippen LogP contribution in [-0.2, 0) is 55.7 Å². The van der Waals surface area contributed by atoms with E-state index in [1.807, 2.05) is 32.0 Å². The zero-order chi connectivity index (χ0) is 49.7. The van der Waals surface area contributed by atoms with E-state index in [-0.39, 0.29) is 55.7 Å². The van der Waals surface area contributed by atoms with Gasteiger partial charge in [-0.15, -0.1) is 0 Å². The number of benzene rings is 1. The van der Waals surface area contributed by atoms with Crippen molar-refractivity contribution in [1.82, 2.24) is 41.5 Å². The molecule has 8 atom stereocenters. The van der Waals surface area contributed by atoms with Crippen molar-refractivity contribution < 1.29 is 52.7 Å². The molecule has 0 spiro atoms. The van der Waals surface area contributed by atoms with Gasteiger partial charge in [0.2, 0.25) is 41.4 Å². The maximum atomic E-state index is 14.2. The van der Waals surface area contributed by atoms with Crippen LogP contribution in [0.1, 0.15) is 90.3 Å². The Labute approximate surface area is 397 Å². The molecule has 23 heteroatoms. The third-order valence-electron chi connectivity index (χ3n) is 11.2. The number of nitrogens with zero attached hydrogens (tertiary/aromatic N) is 2. The van der Waals surface area contributed by atoms with Gasteiger partial charge in [-0.2, -0.15) is 12.6 Å². The SMILES string of the molecule is CC(C)C[C@H](NC(=O)[C@@H]1C[C@@H](OCCCCc2ccccc2)CN1C(=O)CCCCCNC(=O)C(N)CS)C(=O)N[C@@H](Cc1cnc[nH]1)C(=O)N[C@@H](C)C(=O)N[C@H](C(N)=O)[C@@H](C)CP(=O)(O)O. The van der Waals surface area contributed by atoms with E-state index in [1.165, 1.54) is 36.8 Å². The van der Waals surface area contributed by atoms with Crippen LogP contribution in [0, 0.1) is 11.8 Å². The molecule has 374 valence electrons. The molecule has 1 aromatic heterocycles. The molecule has 21 nitrogen and oxygen atoms in total. The largest absolute Gasteiger partial charge is 0.376 e. The van der Waals surface area contributed by atoms with Crippen LogP contribution < -0.4 is 38.1 Å². The quantitative estimate of drug-likeness (QED) is 0.0284. The van der Waals surface area contributed by atoms with Gasteiger partial charge >= 0.3 is 7.60 Å². The highest BCUT2D eigenvalue weighted by Crippen LogP contribution is 2.37. The van der Waals surface area contributed by atoms with E-state index < -0.39 is 91.6 Å². The first-order valence-corrected chi connectivity index (χ1v) is 25.2. The molecule has 3 rings (SSSR count). The van der Waals surface area contributed by atoms with Crippen LogP contribution in [0.5, 0.6) is 0 Å². The summed E-state index contributed by atoms with van der Waals surface area (Å²) >= 11 is 4.05. The van der Waals surface area contributed by atoms with Crippen LogP contribution in [0.15, 0.2) is 42.9 Å². The van der Waals surface area contributed by atoms with Crippen LogP contribution >= 0.6 is 20.2 Å². The van der Waals surface area contributed by atoms with Crippen molar-refractivity contribution in [2.24, 2.45) is 23.3 Å². The number of aromatic nitrogens is 2. The number of hydrogen-bond acceptors (Lipinski definition) is 12. The Kier molecular flexibility index (Phi) is 24.0. The van der Waals surface area contributed by atoms with Gasteiger partial charge in [0.05, 0.1) is 24.6 Å². The number of primary amides is 1. The van der Waals surface area contributed by atoms with E-state index in [1.54, 1.807) is 0 Å². The summed E-state index contributed by atoms with van der Waals surface area (Å²) in [7, 11) is -4.57. The summed E-state index contributed by atoms with van der Waals surface area (Å²) in [5.41, 5.74) is 12.8. The third-order valence-corrected chi connectivity index (χ3v) is 12.7. The highest BCUT2D eigenvalue weighted by Gasteiger charge is 2.41. The first kappa shape index (κ1) is 56.5. The number of amides is 7. The molecule has 1 aliphatic heterocycles. The second-order valence-corrected chi connectivity index (χ2v) is 19.7. The van der Waals surface area contributed by atoms with Crippen LogP contribution in [0.4, 0.5) is 0 Å². The topological polar surface area (TPSA) is 330 Å². The minimum Gasteiger partial charge on any atom is -0.376 e. The van der Waals surface area contributed by atoms with E-state index in [0.29, 0.717) is 38.1 Å². The first-order valence-electron chi connectivity index (χ1n) is 22.8. The van der Waals surface area contributed by atoms with Gasteiger partial charge in [0.25, 0.3) is 0 Å². The number of nitrogens with two attached hydrogens (primary N) is 2. The average molecular weight is 979 g/mol. The molecule has 0 aliphatic carbocycles. The lowest BCUT2D eigenvalue weighted by atomic mass is 10.0. The summed E-state index contributed by atoms with van der Waals surface area (Å²) in [4.78, 5) is 120. The summed E-state index contributed by atoms with van der Waals surface area (Å²) in [6.45, 7) is 7.35. The number of hydrogen-bond donors (Lipinski definition) is 11. The maximum absolute atomic E-state index is 14.2. The summed E-state index contributed by atoms with van der Waals surface area (Å²) in [6.07, 6.45) is 6.34. The highest BCUT2D eigenvalue weighted by atomic mass is 32.1. The molecule has 1 fully saturated rings. The second kappa shape index (κ2) is 28.5. The van der Waals surface area contributed by atoms with Gasteiger partial charge in [0, 0.05) is 56.6 Å². The van der Waals surface area contributed by atoms with E-state index in [4.69, 9.17) is 16.2 Å². The van der Waals surface area contributed by atoms with Crippen LogP contribution in [0.25, 0.3) is 0 Å². The van der Waals surface area contributed by atoms with E-state index in [2.05, 4.69) is 61.3 Å². The fourth-order valence-corrected chi connectivity index (χ4v) is 8.74. The van der Waals surface area contributed by atoms with Gasteiger partial charge in [-0.25, -0.2) is 4.98 Å². The number of carbonyl (C=O) groups excluding carboxylic acids is 7. The number of ether oxygens (including phenoxy) is 1. The van der Waals surface area contributed by atoms with Crippen LogP contribution in [0.3, 0.4) is 0 Å². The standard InChI is InChI=1S/C44H71N10O11PS/c1-27(2)19-34(43(60)51-35(20-31-22-47-26-49-31)42(59)50-29(4)40(57)53-38(39(46)56)28(3)24-66(62,63)64)52-44(61)36-21-32(65-18-12-10-15-30-13-7-5-8-14-30)23-54(36)37(55)16-9-6-11-17-48-41(58)33(45)25-67/h5,7-8,13-14,22,26-29,32-36,38,67H,6,9-12,15-21,23-25,45H2,1-4H3,(H2,46,56)(H,47,49)(H,48,58)(H,50,59)(H,51,60)(H,52,61)(H,53,57)(H2,62,63,64)/t28-,29-,32+,33?,34-,35-,36-,38-/m0/s1. The Morgan fingerprint density at radius 2 is 1.61 bits per heavy atom. The molecule has 67 heavy (non-hydrogen) atoms. The molecule has 1 aromatic carbocycles. The average Bonchev–Trinajstić information content (AvgIpc) is 3.95. The minimum atomic E-state index is -4.57. The molecule has 1 saturated heterocycles. The number of likely N-dealkylation sites (tertiary alicyclic amines) is 1. The fourth-order valence-electron chi connectivity index (χ4n) is 7.62. The zero-order valence-electron chi connectivity index (χ0n) is 38.9. The van der Waals surface area contributed by atoms with Crippen molar-refractivity contribution in [3.63, 3.8) is 0 Å². The lowest BCUT2D eigenvalue weighted by molar-refractivity contribution is -0.140. The molecule has 7 amide bonds. The van der Waals surface area contributed by atoms with Crippen molar-refractivity contribution in [3.05, 3.63) is 54.1 Å². The molecule has 2 heterocycles. The number of unbranched alkanes of at least 4 members (excludes halogenated alkanes) is 3. The lowest BCUT2D eigenvalue weighted by Gasteiger charge is -2.28. The minimum absolute atomic E-state index is 0.109. The summed E-state index contributed by atoms with van der Waals surface area (Å²) in [5, 5.41) is 13.2. The highest BCUT2D eigenvalue weighted by molar-refractivity contribution is 7.80. The number of aromatic amines is 1. The van der Waals surface area contributed by atoms with E-state index >= 15 is 0 Å². The fraction of sp³-hybridized carbons (Fsp3) is 0.636. The van der Waals surface area contributed by atoms with Crippen molar-refractivity contribution in [2.75, 3.05) is 31.6 Å². The number of rotatable bonds is 30. The van der Waals surface area contributed by atoms with Crippen LogP contribution in [0.2, 0.25) is 0 Å². The molecular formula is C44H71N10O11PS. The number of H-pyrrole nitrogens is 1. The summed E-state index contributed by atoms with van der Waals surface area (Å²) in [5.74, 6) is -5.49. The molecule has 0 saturated carbocycles. The second-order valence-electron chi connectivity index (χ2n) is 17.6. The molecule has 1 aliphatic rings. The van der Waals surface area contributed by atoms with Gasteiger partial charge < -0.3 is 62.5 Å². The van der Waals surface area contributed by atoms with E-state index in [0.717, 1.165) is 19.3 Å². The van der Waals surface area contributed by atoms with Crippen molar-refractivity contribution in [1.29, 1.82) is 0 Å². The molecule has 1 unspecified atom stereocenters. The molecule has 0 bridgehead atoms. The van der Waals surface area contributed by atoms with Gasteiger partial charge in [0.15, 0.2) is 0 Å². The molecule has 12 N–H and O–H groups in total. The lowest BCUT2D eigenvalue weighted by Crippen LogP contribution is -2.59. The van der Waals surface area contributed by atoms with Crippen molar-refractivity contribution >= 4 is 61.6 Å². The van der Waals surface area contributed by atoms with Crippen molar-refractivity contribution in [3.8, 4) is 0 Å². The normalized spacial score (nSPS) is 17.7.